The molecule has 0 rings (SSSR count). The lowest BCUT2D eigenvalue weighted by atomic mass is 10.2. The molecule has 0 spiro atoms. The van der Waals surface area contributed by atoms with Crippen LogP contribution in [0.3, 0.4) is 0 Å². The summed E-state index contributed by atoms with van der Waals surface area (Å²) in [6.45, 7) is 7.55. The zero-order chi connectivity index (χ0) is 11.5. The Labute approximate surface area is 91.0 Å². The highest BCUT2D eigenvalue weighted by atomic mass is 16.5. The molecule has 5 nitrogen and oxygen atoms in total. The van der Waals surface area contributed by atoms with Gasteiger partial charge in [-0.15, -0.1) is 6.58 Å². The molecule has 0 saturated carbocycles. The summed E-state index contributed by atoms with van der Waals surface area (Å²) in [5.41, 5.74) is 5.47. The Morgan fingerprint density at radius 3 is 2.93 bits per heavy atom. The van der Waals surface area contributed by atoms with Gasteiger partial charge in [0.2, 0.25) is 0 Å². The summed E-state index contributed by atoms with van der Waals surface area (Å²) in [5.74, 6) is 0.212. The highest BCUT2D eigenvalue weighted by Gasteiger charge is 2.09. The van der Waals surface area contributed by atoms with Crippen molar-refractivity contribution < 1.29 is 9.94 Å². The minimum atomic E-state index is -0.0852. The molecule has 0 heterocycles. The first-order valence-electron chi connectivity index (χ1n) is 5.15. The van der Waals surface area contributed by atoms with Gasteiger partial charge >= 0.3 is 0 Å². The van der Waals surface area contributed by atoms with Gasteiger partial charge in [0.05, 0.1) is 19.3 Å². The molecule has 5 heteroatoms. The molecule has 1 atom stereocenters. The number of oxime groups is 1. The fraction of sp³-hybridized carbons (Fsp3) is 0.700. The summed E-state index contributed by atoms with van der Waals surface area (Å²) in [6.07, 6.45) is 3.46. The molecule has 0 saturated heterocycles. The van der Waals surface area contributed by atoms with Gasteiger partial charge in [0.1, 0.15) is 0 Å². The zero-order valence-corrected chi connectivity index (χ0v) is 9.28. The fourth-order valence-corrected chi connectivity index (χ4v) is 1.10. The maximum absolute atomic E-state index is 8.49. The fourth-order valence-electron chi connectivity index (χ4n) is 1.10. The Morgan fingerprint density at radius 2 is 2.40 bits per heavy atom. The molecule has 1 unspecified atom stereocenters. The predicted molar refractivity (Wildman–Crippen MR) is 61.1 cm³/mol. The van der Waals surface area contributed by atoms with Gasteiger partial charge in [-0.2, -0.15) is 0 Å². The molecular formula is C10H21N3O2. The smallest absolute Gasteiger partial charge is 0.156 e. The normalized spacial score (nSPS) is 13.8. The summed E-state index contributed by atoms with van der Waals surface area (Å²) in [7, 11) is 0. The lowest BCUT2D eigenvalue weighted by Gasteiger charge is -2.14. The van der Waals surface area contributed by atoms with Crippen LogP contribution in [0.5, 0.6) is 0 Å². The Bertz CT molecular complexity index is 195. The number of nitrogens with one attached hydrogen (secondary N) is 1. The molecular weight excluding hydrogens is 194 g/mol. The van der Waals surface area contributed by atoms with E-state index in [0.29, 0.717) is 19.8 Å². The second-order valence-electron chi connectivity index (χ2n) is 3.13. The second-order valence-corrected chi connectivity index (χ2v) is 3.13. The lowest BCUT2D eigenvalue weighted by Crippen LogP contribution is -2.42. The van der Waals surface area contributed by atoms with E-state index in [1.165, 1.54) is 0 Å². The average molecular weight is 215 g/mol. The zero-order valence-electron chi connectivity index (χ0n) is 9.28. The van der Waals surface area contributed by atoms with E-state index >= 15 is 0 Å². The molecule has 0 aromatic carbocycles. The quantitative estimate of drug-likeness (QED) is 0.132. The van der Waals surface area contributed by atoms with Gasteiger partial charge in [-0.05, 0) is 12.8 Å². The van der Waals surface area contributed by atoms with Crippen molar-refractivity contribution in [3.63, 3.8) is 0 Å². The van der Waals surface area contributed by atoms with Crippen LogP contribution in [-0.2, 0) is 4.74 Å². The molecule has 0 aromatic rings. The number of hydrogen-bond donors (Lipinski definition) is 3. The van der Waals surface area contributed by atoms with E-state index in [-0.39, 0.29) is 11.9 Å². The Kier molecular flexibility index (Phi) is 8.81. The first kappa shape index (κ1) is 13.9. The third-order valence-electron chi connectivity index (χ3n) is 1.98. The Morgan fingerprint density at radius 1 is 1.67 bits per heavy atom. The van der Waals surface area contributed by atoms with Crippen molar-refractivity contribution in [1.82, 2.24) is 5.32 Å². The number of rotatable bonds is 9. The van der Waals surface area contributed by atoms with Gasteiger partial charge in [0.15, 0.2) is 5.84 Å². The van der Waals surface area contributed by atoms with Crippen molar-refractivity contribution in [3.8, 4) is 0 Å². The number of ether oxygens (including phenoxy) is 1. The van der Waals surface area contributed by atoms with Crippen LogP contribution >= 0.6 is 0 Å². The average Bonchev–Trinajstić information content (AvgIpc) is 2.27. The van der Waals surface area contributed by atoms with Crippen molar-refractivity contribution in [2.24, 2.45) is 10.9 Å². The molecule has 15 heavy (non-hydrogen) atoms. The van der Waals surface area contributed by atoms with Crippen molar-refractivity contribution in [2.75, 3.05) is 19.8 Å². The third kappa shape index (κ3) is 6.93. The third-order valence-corrected chi connectivity index (χ3v) is 1.98. The van der Waals surface area contributed by atoms with Crippen molar-refractivity contribution in [1.29, 1.82) is 0 Å². The molecule has 0 aliphatic carbocycles. The minimum Gasteiger partial charge on any atom is -0.409 e. The van der Waals surface area contributed by atoms with Gasteiger partial charge < -0.3 is 21.0 Å². The first-order valence-corrected chi connectivity index (χ1v) is 5.15. The Hall–Kier alpha value is -1.07. The van der Waals surface area contributed by atoms with Crippen LogP contribution in [0.15, 0.2) is 17.8 Å². The molecule has 0 aliphatic heterocycles. The molecule has 0 fully saturated rings. The monoisotopic (exact) mass is 215 g/mol. The SMILES string of the molecule is C=CCCOCCNC(CC)/C(N)=N/O. The number of hydrogen-bond acceptors (Lipinski definition) is 4. The van der Waals surface area contributed by atoms with E-state index in [9.17, 15) is 0 Å². The highest BCUT2D eigenvalue weighted by Crippen LogP contribution is 1.90. The van der Waals surface area contributed by atoms with E-state index in [0.717, 1.165) is 12.8 Å². The molecule has 4 N–H and O–H groups in total. The number of nitrogens with two attached hydrogens (primary N) is 1. The van der Waals surface area contributed by atoms with E-state index < -0.39 is 0 Å². The summed E-state index contributed by atoms with van der Waals surface area (Å²) in [4.78, 5) is 0. The largest absolute Gasteiger partial charge is 0.409 e. The molecule has 0 amide bonds. The molecule has 0 aliphatic rings. The van der Waals surface area contributed by atoms with Gasteiger partial charge in [-0.3, -0.25) is 0 Å². The van der Waals surface area contributed by atoms with Crippen molar-refractivity contribution in [2.45, 2.75) is 25.8 Å². The highest BCUT2D eigenvalue weighted by molar-refractivity contribution is 5.85. The summed E-state index contributed by atoms with van der Waals surface area (Å²) in [5, 5.41) is 14.6. The van der Waals surface area contributed by atoms with Gasteiger partial charge in [0, 0.05) is 6.54 Å². The summed E-state index contributed by atoms with van der Waals surface area (Å²) in [6, 6.07) is -0.0852. The molecule has 0 radical (unpaired) electrons. The maximum atomic E-state index is 8.49. The van der Waals surface area contributed by atoms with E-state index in [4.69, 9.17) is 15.7 Å². The van der Waals surface area contributed by atoms with Crippen LogP contribution in [0, 0.1) is 0 Å². The number of amidine groups is 1. The lowest BCUT2D eigenvalue weighted by molar-refractivity contribution is 0.139. The predicted octanol–water partition coefficient (Wildman–Crippen LogP) is 0.694. The van der Waals surface area contributed by atoms with Gasteiger partial charge in [0.25, 0.3) is 0 Å². The molecule has 88 valence electrons. The van der Waals surface area contributed by atoms with Crippen LogP contribution in [0.1, 0.15) is 19.8 Å². The van der Waals surface area contributed by atoms with E-state index in [1.54, 1.807) is 0 Å². The summed E-state index contributed by atoms with van der Waals surface area (Å²) < 4.78 is 5.31. The second kappa shape index (κ2) is 9.48. The van der Waals surface area contributed by atoms with Crippen molar-refractivity contribution in [3.05, 3.63) is 12.7 Å². The van der Waals surface area contributed by atoms with Crippen LogP contribution in [0.25, 0.3) is 0 Å². The van der Waals surface area contributed by atoms with E-state index in [2.05, 4.69) is 17.1 Å². The van der Waals surface area contributed by atoms with Crippen LogP contribution in [0.2, 0.25) is 0 Å². The standard InChI is InChI=1S/C10H21N3O2/c1-3-5-7-15-8-6-12-9(4-2)10(11)13-14/h3,9,12,14H,1,4-8H2,2H3,(H2,11,13). The number of nitrogens with zero attached hydrogens (tertiary/aromatic N) is 1. The topological polar surface area (TPSA) is 79.9 Å². The molecule has 0 bridgehead atoms. The van der Waals surface area contributed by atoms with Crippen LogP contribution in [-0.4, -0.2) is 36.8 Å². The Balaban J connectivity index is 3.51. The minimum absolute atomic E-state index is 0.0852. The maximum Gasteiger partial charge on any atom is 0.156 e. The van der Waals surface area contributed by atoms with Gasteiger partial charge in [-0.25, -0.2) is 0 Å². The van der Waals surface area contributed by atoms with Crippen LogP contribution < -0.4 is 11.1 Å². The summed E-state index contributed by atoms with van der Waals surface area (Å²) >= 11 is 0. The first-order chi connectivity index (χ1) is 7.26. The van der Waals surface area contributed by atoms with Crippen LogP contribution in [0.4, 0.5) is 0 Å². The van der Waals surface area contributed by atoms with E-state index in [1.807, 2.05) is 13.0 Å². The van der Waals surface area contributed by atoms with Crippen molar-refractivity contribution >= 4 is 5.84 Å². The van der Waals surface area contributed by atoms with Gasteiger partial charge in [-0.1, -0.05) is 18.2 Å². The molecule has 0 aromatic heterocycles.